The van der Waals surface area contributed by atoms with Gasteiger partial charge < -0.3 is 14.8 Å². The molecule has 1 aliphatic rings. The molecule has 1 saturated heterocycles. The van der Waals surface area contributed by atoms with Gasteiger partial charge in [0.05, 0.1) is 0 Å². The number of nitrogens with one attached hydrogen (secondary N) is 1. The van der Waals surface area contributed by atoms with Gasteiger partial charge >= 0.3 is 5.97 Å². The summed E-state index contributed by atoms with van der Waals surface area (Å²) in [5.74, 6) is -0.281. The van der Waals surface area contributed by atoms with Gasteiger partial charge in [-0.15, -0.1) is 0 Å². The van der Waals surface area contributed by atoms with Crippen molar-refractivity contribution in [3.63, 3.8) is 0 Å². The van der Waals surface area contributed by atoms with E-state index in [1.54, 1.807) is 0 Å². The Bertz CT molecular complexity index is 315. The summed E-state index contributed by atoms with van der Waals surface area (Å²) in [7, 11) is 0. The maximum absolute atomic E-state index is 10.5. The van der Waals surface area contributed by atoms with Gasteiger partial charge in [0.15, 0.2) is 11.6 Å². The Hall–Kier alpha value is -1.36. The fourth-order valence-corrected chi connectivity index (χ4v) is 1.44. The van der Waals surface area contributed by atoms with Gasteiger partial charge in [-0.05, 0) is 13.0 Å². The molecule has 0 saturated carbocycles. The van der Waals surface area contributed by atoms with E-state index in [0.717, 1.165) is 19.5 Å². The van der Waals surface area contributed by atoms with E-state index < -0.39 is 5.97 Å². The maximum atomic E-state index is 10.5. The third-order valence-electron chi connectivity index (χ3n) is 2.15. The van der Waals surface area contributed by atoms with E-state index in [2.05, 4.69) is 10.3 Å². The van der Waals surface area contributed by atoms with Crippen LogP contribution in [0.1, 0.15) is 28.7 Å². The predicted octanol–water partition coefficient (Wildman–Crippen LogP) is 0.450. The highest BCUT2D eigenvalue weighted by molar-refractivity contribution is 5.84. The smallest absolute Gasteiger partial charge is 0.357 e. The minimum atomic E-state index is -1.04. The van der Waals surface area contributed by atoms with Gasteiger partial charge in [-0.1, -0.05) is 0 Å². The molecule has 0 radical (unpaired) electrons. The summed E-state index contributed by atoms with van der Waals surface area (Å²) in [5.41, 5.74) is -0.0121. The highest BCUT2D eigenvalue weighted by Crippen LogP contribution is 2.21. The van der Waals surface area contributed by atoms with E-state index in [1.165, 1.54) is 6.26 Å². The summed E-state index contributed by atoms with van der Waals surface area (Å²) in [6, 6.07) is 0. The van der Waals surface area contributed by atoms with E-state index in [0.29, 0.717) is 5.89 Å². The van der Waals surface area contributed by atoms with Crippen LogP contribution >= 0.6 is 0 Å². The molecule has 1 unspecified atom stereocenters. The lowest BCUT2D eigenvalue weighted by Crippen LogP contribution is -2.08. The number of rotatable bonds is 2. The van der Waals surface area contributed by atoms with E-state index >= 15 is 0 Å². The van der Waals surface area contributed by atoms with Crippen molar-refractivity contribution in [2.75, 3.05) is 13.1 Å². The maximum Gasteiger partial charge on any atom is 0.357 e. The second-order valence-corrected chi connectivity index (χ2v) is 3.07. The third-order valence-corrected chi connectivity index (χ3v) is 2.15. The molecular weight excluding hydrogens is 172 g/mol. The number of carbonyl (C=O) groups is 1. The van der Waals surface area contributed by atoms with E-state index in [1.807, 2.05) is 0 Å². The molecule has 2 rings (SSSR count). The van der Waals surface area contributed by atoms with Gasteiger partial charge in [0.25, 0.3) is 0 Å². The Balaban J connectivity index is 2.16. The first-order chi connectivity index (χ1) is 6.27. The first kappa shape index (κ1) is 8.25. The van der Waals surface area contributed by atoms with Crippen molar-refractivity contribution in [1.82, 2.24) is 10.3 Å². The van der Waals surface area contributed by atoms with Crippen molar-refractivity contribution in [2.24, 2.45) is 0 Å². The lowest BCUT2D eigenvalue weighted by molar-refractivity contribution is 0.0690. The summed E-state index contributed by atoms with van der Waals surface area (Å²) in [6.45, 7) is 1.76. The Morgan fingerprint density at radius 2 is 2.62 bits per heavy atom. The fraction of sp³-hybridized carbons (Fsp3) is 0.500. The van der Waals surface area contributed by atoms with Crippen LogP contribution in [0.15, 0.2) is 10.7 Å². The van der Waals surface area contributed by atoms with Gasteiger partial charge in [-0.3, -0.25) is 0 Å². The number of hydrogen-bond acceptors (Lipinski definition) is 4. The molecule has 0 bridgehead atoms. The molecular formula is C8H10N2O3. The summed E-state index contributed by atoms with van der Waals surface area (Å²) in [6.07, 6.45) is 2.15. The van der Waals surface area contributed by atoms with Gasteiger partial charge in [0.2, 0.25) is 0 Å². The van der Waals surface area contributed by atoms with Crippen LogP contribution in [0, 0.1) is 0 Å². The zero-order valence-electron chi connectivity index (χ0n) is 6.99. The van der Waals surface area contributed by atoms with Crippen LogP contribution in [0.3, 0.4) is 0 Å². The van der Waals surface area contributed by atoms with Crippen molar-refractivity contribution in [1.29, 1.82) is 0 Å². The number of aromatic carboxylic acids is 1. The largest absolute Gasteiger partial charge is 0.476 e. The van der Waals surface area contributed by atoms with E-state index in [4.69, 9.17) is 9.52 Å². The van der Waals surface area contributed by atoms with Crippen LogP contribution in [0.5, 0.6) is 0 Å². The Labute approximate surface area is 74.8 Å². The van der Waals surface area contributed by atoms with Crippen LogP contribution in [0.2, 0.25) is 0 Å². The van der Waals surface area contributed by atoms with Crippen LogP contribution in [-0.4, -0.2) is 29.1 Å². The number of carboxylic acids is 1. The molecule has 1 atom stereocenters. The monoisotopic (exact) mass is 182 g/mol. The summed E-state index contributed by atoms with van der Waals surface area (Å²) >= 11 is 0. The van der Waals surface area contributed by atoms with Crippen molar-refractivity contribution in [2.45, 2.75) is 12.3 Å². The van der Waals surface area contributed by atoms with Gasteiger partial charge in [-0.2, -0.15) is 0 Å². The average molecular weight is 182 g/mol. The van der Waals surface area contributed by atoms with Crippen LogP contribution < -0.4 is 5.32 Å². The second kappa shape index (κ2) is 3.18. The van der Waals surface area contributed by atoms with E-state index in [-0.39, 0.29) is 11.6 Å². The highest BCUT2D eigenvalue weighted by atomic mass is 16.4. The van der Waals surface area contributed by atoms with Gasteiger partial charge in [-0.25, -0.2) is 9.78 Å². The molecule has 0 aliphatic carbocycles. The Kier molecular flexibility index (Phi) is 2.02. The normalized spacial score (nSPS) is 22.0. The molecule has 5 heteroatoms. The number of nitrogens with zero attached hydrogens (tertiary/aromatic N) is 1. The fourth-order valence-electron chi connectivity index (χ4n) is 1.44. The summed E-state index contributed by atoms with van der Waals surface area (Å²) in [5, 5.41) is 11.8. The molecule has 0 amide bonds. The standard InChI is InChI=1S/C8H10N2O3/c11-8(12)6-4-13-7(10-6)5-1-2-9-3-5/h4-5,9H,1-3H2,(H,11,12). The topological polar surface area (TPSA) is 75.4 Å². The molecule has 0 spiro atoms. The van der Waals surface area contributed by atoms with Crippen LogP contribution in [-0.2, 0) is 0 Å². The number of aromatic nitrogens is 1. The van der Waals surface area contributed by atoms with Gasteiger partial charge in [0.1, 0.15) is 6.26 Å². The van der Waals surface area contributed by atoms with Crippen molar-refractivity contribution in [3.8, 4) is 0 Å². The van der Waals surface area contributed by atoms with Crippen molar-refractivity contribution in [3.05, 3.63) is 17.8 Å². The molecule has 1 aromatic heterocycles. The zero-order valence-corrected chi connectivity index (χ0v) is 6.99. The minimum absolute atomic E-state index is 0.0121. The molecule has 0 aromatic carbocycles. The summed E-state index contributed by atoms with van der Waals surface area (Å²) in [4.78, 5) is 14.4. The molecule has 1 aromatic rings. The third kappa shape index (κ3) is 1.55. The van der Waals surface area contributed by atoms with Gasteiger partial charge in [0, 0.05) is 12.5 Å². The minimum Gasteiger partial charge on any atom is -0.476 e. The number of oxazole rings is 1. The molecule has 2 heterocycles. The lowest BCUT2D eigenvalue weighted by Gasteiger charge is -1.99. The van der Waals surface area contributed by atoms with Crippen LogP contribution in [0.25, 0.3) is 0 Å². The SMILES string of the molecule is O=C(O)c1coc(C2CCNC2)n1. The zero-order chi connectivity index (χ0) is 9.26. The van der Waals surface area contributed by atoms with Crippen molar-refractivity contribution < 1.29 is 14.3 Å². The summed E-state index contributed by atoms with van der Waals surface area (Å²) < 4.78 is 5.08. The van der Waals surface area contributed by atoms with Crippen LogP contribution in [0.4, 0.5) is 0 Å². The predicted molar refractivity (Wildman–Crippen MR) is 43.7 cm³/mol. The number of hydrogen-bond donors (Lipinski definition) is 2. The molecule has 1 aliphatic heterocycles. The molecule has 1 fully saturated rings. The Morgan fingerprint density at radius 3 is 3.15 bits per heavy atom. The quantitative estimate of drug-likeness (QED) is 0.694. The first-order valence-corrected chi connectivity index (χ1v) is 4.17. The molecule has 70 valence electrons. The number of carboxylic acid groups (broad SMARTS) is 1. The van der Waals surface area contributed by atoms with Crippen molar-refractivity contribution >= 4 is 5.97 Å². The Morgan fingerprint density at radius 1 is 1.77 bits per heavy atom. The lowest BCUT2D eigenvalue weighted by atomic mass is 10.1. The molecule has 2 N–H and O–H groups in total. The first-order valence-electron chi connectivity index (χ1n) is 4.17. The molecule has 13 heavy (non-hydrogen) atoms. The second-order valence-electron chi connectivity index (χ2n) is 3.07. The average Bonchev–Trinajstić information content (AvgIpc) is 2.75. The highest BCUT2D eigenvalue weighted by Gasteiger charge is 2.22. The molecule has 5 nitrogen and oxygen atoms in total. The van der Waals surface area contributed by atoms with E-state index in [9.17, 15) is 4.79 Å².